The van der Waals surface area contributed by atoms with Gasteiger partial charge in [-0.2, -0.15) is 0 Å². The minimum Gasteiger partial charge on any atom is -2.00 e. The van der Waals surface area contributed by atoms with Crippen molar-refractivity contribution in [2.24, 2.45) is 0 Å². The second kappa shape index (κ2) is 31.0. The maximum absolute atomic E-state index is 0. The van der Waals surface area contributed by atoms with E-state index in [-0.39, 0.29) is 49.7 Å². The summed E-state index contributed by atoms with van der Waals surface area (Å²) in [6, 6.07) is 0. The summed E-state index contributed by atoms with van der Waals surface area (Å²) >= 11 is 0. The van der Waals surface area contributed by atoms with Gasteiger partial charge in [-0.25, -0.2) is 0 Å². The van der Waals surface area contributed by atoms with Gasteiger partial charge in [-0.15, -0.1) is 0 Å². The predicted octanol–water partition coefficient (Wildman–Crippen LogP) is -0.243. The fourth-order valence-electron chi connectivity index (χ4n) is 0. The molecule has 1 radical (unpaired) electrons. The van der Waals surface area contributed by atoms with E-state index >= 15 is 0 Å². The number of hydrogen-bond acceptors (Lipinski definition) is 0. The van der Waals surface area contributed by atoms with E-state index in [1.54, 1.807) is 0 Å². The Balaban J connectivity index is 0. The molecule has 0 saturated carbocycles. The third-order valence-corrected chi connectivity index (χ3v) is 0. The van der Waals surface area contributed by atoms with E-state index in [4.69, 9.17) is 0 Å². The second-order valence-corrected chi connectivity index (χ2v) is 0. The van der Waals surface area contributed by atoms with E-state index in [2.05, 4.69) is 0 Å². The zero-order chi connectivity index (χ0) is 0. The summed E-state index contributed by atoms with van der Waals surface area (Å²) in [6.45, 7) is 0. The quantitative estimate of drug-likeness (QED) is 0.420. The summed E-state index contributed by atoms with van der Waals surface area (Å²) in [5, 5.41) is 0. The molecule has 0 fully saturated rings. The van der Waals surface area contributed by atoms with Gasteiger partial charge in [0.1, 0.15) is 0 Å². The minimum atomic E-state index is 0. The van der Waals surface area contributed by atoms with Crippen LogP contribution in [0.2, 0.25) is 0 Å². The molecule has 2 nitrogen and oxygen atoms in total. The maximum Gasteiger partial charge on any atom is 4.00 e. The standard InChI is InChI=1S/Cu.2O.Ti/q+2;2*-2;+4. The van der Waals surface area contributed by atoms with Gasteiger partial charge in [0, 0.05) is 0 Å². The molecule has 0 aromatic heterocycles. The molecule has 0 amide bonds. The summed E-state index contributed by atoms with van der Waals surface area (Å²) in [5.41, 5.74) is 0. The van der Waals surface area contributed by atoms with Crippen LogP contribution in [-0.4, -0.2) is 0 Å². The van der Waals surface area contributed by atoms with Crippen molar-refractivity contribution in [3.63, 3.8) is 0 Å². The number of hydrogen-bond donors (Lipinski definition) is 0. The molecular weight excluding hydrogens is 143 g/mol. The molecule has 0 atom stereocenters. The molecule has 0 unspecified atom stereocenters. The van der Waals surface area contributed by atoms with Crippen LogP contribution in [0.5, 0.6) is 0 Å². The molecule has 0 spiro atoms. The SMILES string of the molecule is [Cu+2].[O-2].[O-2].[Ti+4]. The van der Waals surface area contributed by atoms with Crippen LogP contribution >= 0.6 is 0 Å². The van der Waals surface area contributed by atoms with E-state index in [0.717, 1.165) is 0 Å². The molecule has 0 N–H and O–H groups in total. The fourth-order valence-corrected chi connectivity index (χ4v) is 0. The monoisotopic (exact) mass is 143 g/mol. The summed E-state index contributed by atoms with van der Waals surface area (Å²) in [7, 11) is 0. The molecule has 0 aliphatic carbocycles. The van der Waals surface area contributed by atoms with Gasteiger partial charge < -0.3 is 11.0 Å². The van der Waals surface area contributed by atoms with Crippen molar-refractivity contribution in [3.05, 3.63) is 0 Å². The van der Waals surface area contributed by atoms with Crippen molar-refractivity contribution < 1.29 is 49.7 Å². The Labute approximate surface area is 49.9 Å². The van der Waals surface area contributed by atoms with Crippen LogP contribution in [0.3, 0.4) is 0 Å². The van der Waals surface area contributed by atoms with Gasteiger partial charge in [-0.3, -0.25) is 0 Å². The fraction of sp³-hybridized carbons (Fsp3) is 0. The number of rotatable bonds is 0. The summed E-state index contributed by atoms with van der Waals surface area (Å²) < 4.78 is 0. The van der Waals surface area contributed by atoms with E-state index < -0.39 is 0 Å². The van der Waals surface area contributed by atoms with Gasteiger partial charge in [0.15, 0.2) is 0 Å². The van der Waals surface area contributed by atoms with Crippen LogP contribution in [0.4, 0.5) is 0 Å². The van der Waals surface area contributed by atoms with E-state index in [0.29, 0.717) is 0 Å². The molecule has 4 heavy (non-hydrogen) atoms. The molecule has 0 aliphatic heterocycles. The average Bonchev–Trinajstić information content (AvgIpc) is 0. The van der Waals surface area contributed by atoms with Crippen molar-refractivity contribution in [2.45, 2.75) is 0 Å². The van der Waals surface area contributed by atoms with Crippen LogP contribution in [-0.2, 0) is 49.7 Å². The zero-order valence-electron chi connectivity index (χ0n) is 1.62. The topological polar surface area (TPSA) is 57.0 Å². The summed E-state index contributed by atoms with van der Waals surface area (Å²) in [5.74, 6) is 0. The minimum absolute atomic E-state index is 0. The molecule has 0 aromatic rings. The molecule has 0 rings (SSSR count). The van der Waals surface area contributed by atoms with Gasteiger partial charge in [-0.05, 0) is 0 Å². The summed E-state index contributed by atoms with van der Waals surface area (Å²) in [6.07, 6.45) is 0. The molecule has 0 aromatic carbocycles. The molecule has 0 bridgehead atoms. The predicted molar refractivity (Wildman–Crippen MR) is 1.37 cm³/mol. The average molecular weight is 143 g/mol. The normalized spacial score (nSPS) is 0. The maximum atomic E-state index is 0. The summed E-state index contributed by atoms with van der Waals surface area (Å²) in [4.78, 5) is 0. The van der Waals surface area contributed by atoms with Crippen molar-refractivity contribution in [1.29, 1.82) is 0 Å². The Kier molecular flexibility index (Phi) is 518. The molecule has 4 heteroatoms. The molecular formula is CuO2Ti+2. The van der Waals surface area contributed by atoms with Crippen LogP contribution in [0.1, 0.15) is 0 Å². The Morgan fingerprint density at radius 1 is 0.750 bits per heavy atom. The van der Waals surface area contributed by atoms with Crippen molar-refractivity contribution in [3.8, 4) is 0 Å². The Bertz CT molecular complexity index is 6.00. The van der Waals surface area contributed by atoms with Gasteiger partial charge in [0.25, 0.3) is 0 Å². The largest absolute Gasteiger partial charge is 4.00 e. The molecule has 0 heterocycles. The van der Waals surface area contributed by atoms with E-state index in [1.807, 2.05) is 0 Å². The first-order chi connectivity index (χ1) is 0. The van der Waals surface area contributed by atoms with Crippen molar-refractivity contribution in [2.75, 3.05) is 0 Å². The third-order valence-electron chi connectivity index (χ3n) is 0. The van der Waals surface area contributed by atoms with Crippen molar-refractivity contribution in [1.82, 2.24) is 0 Å². The smallest absolute Gasteiger partial charge is 2.00 e. The Morgan fingerprint density at radius 2 is 0.750 bits per heavy atom. The van der Waals surface area contributed by atoms with Crippen molar-refractivity contribution >= 4 is 0 Å². The van der Waals surface area contributed by atoms with Crippen LogP contribution in [0.15, 0.2) is 0 Å². The first-order valence-corrected chi connectivity index (χ1v) is 0. The molecule has 0 aliphatic rings. The third kappa shape index (κ3) is 11.0. The molecule has 0 saturated heterocycles. The van der Waals surface area contributed by atoms with Crippen LogP contribution in [0.25, 0.3) is 0 Å². The second-order valence-electron chi connectivity index (χ2n) is 0. The first kappa shape index (κ1) is 66.8. The van der Waals surface area contributed by atoms with Gasteiger partial charge in [0.05, 0.1) is 0 Å². The van der Waals surface area contributed by atoms with E-state index in [1.165, 1.54) is 0 Å². The Hall–Kier alpha value is 1.15. The van der Waals surface area contributed by atoms with Crippen LogP contribution < -0.4 is 0 Å². The zero-order valence-corrected chi connectivity index (χ0v) is 4.12. The van der Waals surface area contributed by atoms with Crippen LogP contribution in [0, 0.1) is 0 Å². The Morgan fingerprint density at radius 3 is 0.750 bits per heavy atom. The van der Waals surface area contributed by atoms with Gasteiger partial charge >= 0.3 is 38.8 Å². The first-order valence-electron chi connectivity index (χ1n) is 0. The van der Waals surface area contributed by atoms with Gasteiger partial charge in [0.2, 0.25) is 0 Å². The van der Waals surface area contributed by atoms with E-state index in [9.17, 15) is 0 Å². The molecule has 25 valence electrons. The van der Waals surface area contributed by atoms with Gasteiger partial charge in [-0.1, -0.05) is 0 Å².